The summed E-state index contributed by atoms with van der Waals surface area (Å²) in [5.74, 6) is 0.0303. The molecular weight excluding hydrogens is 220 g/mol. The van der Waals surface area contributed by atoms with Crippen LogP contribution < -0.4 is 5.73 Å². The molecule has 0 saturated heterocycles. The molecule has 0 aliphatic heterocycles. The maximum absolute atomic E-state index is 11.5. The van der Waals surface area contributed by atoms with Gasteiger partial charge in [-0.15, -0.1) is 0 Å². The molecule has 0 spiro atoms. The molecule has 88 valence electrons. The van der Waals surface area contributed by atoms with E-state index in [0.717, 1.165) is 5.56 Å². The van der Waals surface area contributed by atoms with Gasteiger partial charge in [0.15, 0.2) is 5.82 Å². The van der Waals surface area contributed by atoms with Gasteiger partial charge in [0.05, 0.1) is 30.8 Å². The number of pyridine rings is 1. The smallest absolute Gasteiger partial charge is 0.340 e. The number of carbonyl (C=O) groups is 1. The fourth-order valence-electron chi connectivity index (χ4n) is 1.41. The summed E-state index contributed by atoms with van der Waals surface area (Å²) < 4.78 is 6.21. The molecule has 2 aromatic heterocycles. The predicted molar refractivity (Wildman–Crippen MR) is 61.8 cm³/mol. The van der Waals surface area contributed by atoms with Gasteiger partial charge in [-0.1, -0.05) is 0 Å². The Labute approximate surface area is 98.0 Å². The van der Waals surface area contributed by atoms with Gasteiger partial charge in [0.25, 0.3) is 0 Å². The van der Waals surface area contributed by atoms with Gasteiger partial charge in [-0.2, -0.15) is 5.10 Å². The molecule has 2 aromatic rings. The zero-order valence-corrected chi connectivity index (χ0v) is 9.54. The van der Waals surface area contributed by atoms with Crippen LogP contribution in [-0.4, -0.2) is 27.8 Å². The molecule has 0 radical (unpaired) electrons. The van der Waals surface area contributed by atoms with Crippen LogP contribution in [0.15, 0.2) is 24.7 Å². The van der Waals surface area contributed by atoms with Crippen LogP contribution in [0.25, 0.3) is 5.82 Å². The van der Waals surface area contributed by atoms with Crippen molar-refractivity contribution < 1.29 is 9.53 Å². The van der Waals surface area contributed by atoms with Gasteiger partial charge in [-0.3, -0.25) is 0 Å². The third-order valence-electron chi connectivity index (χ3n) is 2.27. The second-order valence-electron chi connectivity index (χ2n) is 3.58. The Bertz CT molecular complexity index is 562. The fraction of sp³-hybridized carbons (Fsp3) is 0.182. The first-order valence-corrected chi connectivity index (χ1v) is 4.97. The summed E-state index contributed by atoms with van der Waals surface area (Å²) in [5, 5.41) is 4.10. The third-order valence-corrected chi connectivity index (χ3v) is 2.27. The minimum atomic E-state index is -0.491. The molecule has 0 saturated carbocycles. The summed E-state index contributed by atoms with van der Waals surface area (Å²) in [6.07, 6.45) is 4.92. The van der Waals surface area contributed by atoms with E-state index in [1.807, 2.05) is 6.92 Å². The Hall–Kier alpha value is -2.37. The lowest BCUT2D eigenvalue weighted by Crippen LogP contribution is -2.08. The van der Waals surface area contributed by atoms with Crippen LogP contribution in [-0.2, 0) is 4.74 Å². The van der Waals surface area contributed by atoms with Gasteiger partial charge >= 0.3 is 5.97 Å². The van der Waals surface area contributed by atoms with E-state index in [0.29, 0.717) is 5.82 Å². The molecule has 2 N–H and O–H groups in total. The molecule has 0 bridgehead atoms. The quantitative estimate of drug-likeness (QED) is 0.779. The van der Waals surface area contributed by atoms with Gasteiger partial charge in [-0.05, 0) is 18.6 Å². The number of hydrogen-bond donors (Lipinski definition) is 1. The maximum atomic E-state index is 11.5. The summed E-state index contributed by atoms with van der Waals surface area (Å²) in [7, 11) is 1.31. The molecule has 0 amide bonds. The lowest BCUT2D eigenvalue weighted by molar-refractivity contribution is 0.0602. The molecule has 0 aliphatic carbocycles. The molecule has 2 heterocycles. The van der Waals surface area contributed by atoms with Crippen LogP contribution in [0, 0.1) is 6.92 Å². The van der Waals surface area contributed by atoms with Crippen LogP contribution in [0.3, 0.4) is 0 Å². The molecule has 0 aromatic carbocycles. The van der Waals surface area contributed by atoms with Gasteiger partial charge < -0.3 is 10.5 Å². The second-order valence-corrected chi connectivity index (χ2v) is 3.58. The number of ether oxygens (including phenoxy) is 1. The molecule has 6 nitrogen and oxygen atoms in total. The standard InChI is InChI=1S/C11H12N4O2/c1-7-4-14-15(6-7)10-3-8(11(16)17-2)9(12)5-13-10/h3-6H,12H2,1-2H3. The van der Waals surface area contributed by atoms with Crippen molar-refractivity contribution in [1.29, 1.82) is 0 Å². The number of nitrogens with two attached hydrogens (primary N) is 1. The number of aryl methyl sites for hydroxylation is 1. The third kappa shape index (κ3) is 2.10. The Morgan fingerprint density at radius 3 is 2.82 bits per heavy atom. The van der Waals surface area contributed by atoms with Crippen molar-refractivity contribution in [3.63, 3.8) is 0 Å². The average molecular weight is 232 g/mol. The highest BCUT2D eigenvalue weighted by molar-refractivity contribution is 5.95. The number of rotatable bonds is 2. The van der Waals surface area contributed by atoms with E-state index in [-0.39, 0.29) is 11.3 Å². The van der Waals surface area contributed by atoms with Crippen LogP contribution in [0.1, 0.15) is 15.9 Å². The number of hydrogen-bond acceptors (Lipinski definition) is 5. The van der Waals surface area contributed by atoms with Crippen molar-refractivity contribution in [2.24, 2.45) is 0 Å². The van der Waals surface area contributed by atoms with Crippen molar-refractivity contribution in [2.75, 3.05) is 12.8 Å². The van der Waals surface area contributed by atoms with Crippen molar-refractivity contribution in [2.45, 2.75) is 6.92 Å². The molecule has 0 aliphatic rings. The van der Waals surface area contributed by atoms with Crippen LogP contribution >= 0.6 is 0 Å². The van der Waals surface area contributed by atoms with E-state index in [4.69, 9.17) is 5.73 Å². The number of esters is 1. The van der Waals surface area contributed by atoms with E-state index < -0.39 is 5.97 Å². The molecular formula is C11H12N4O2. The molecule has 17 heavy (non-hydrogen) atoms. The topological polar surface area (TPSA) is 83.0 Å². The number of methoxy groups -OCH3 is 1. The van der Waals surface area contributed by atoms with E-state index in [1.54, 1.807) is 23.1 Å². The first-order chi connectivity index (χ1) is 8.11. The lowest BCUT2D eigenvalue weighted by atomic mass is 10.2. The van der Waals surface area contributed by atoms with Crippen LogP contribution in [0.2, 0.25) is 0 Å². The van der Waals surface area contributed by atoms with Crippen molar-refractivity contribution in [3.05, 3.63) is 35.8 Å². The van der Waals surface area contributed by atoms with Gasteiger partial charge in [0.1, 0.15) is 0 Å². The normalized spacial score (nSPS) is 10.2. The fourth-order valence-corrected chi connectivity index (χ4v) is 1.41. The monoisotopic (exact) mass is 232 g/mol. The van der Waals surface area contributed by atoms with E-state index in [2.05, 4.69) is 14.8 Å². The molecule has 6 heteroatoms. The molecule has 0 atom stereocenters. The number of aromatic nitrogens is 3. The summed E-state index contributed by atoms with van der Waals surface area (Å²) in [5.41, 5.74) is 7.22. The predicted octanol–water partition coefficient (Wildman–Crippen LogP) is 0.945. The van der Waals surface area contributed by atoms with Crippen molar-refractivity contribution in [1.82, 2.24) is 14.8 Å². The minimum Gasteiger partial charge on any atom is -0.465 e. The highest BCUT2D eigenvalue weighted by Crippen LogP contribution is 2.15. The highest BCUT2D eigenvalue weighted by Gasteiger charge is 2.12. The summed E-state index contributed by atoms with van der Waals surface area (Å²) in [4.78, 5) is 15.6. The maximum Gasteiger partial charge on any atom is 0.340 e. The Kier molecular flexibility index (Phi) is 2.78. The number of nitrogens with zero attached hydrogens (tertiary/aromatic N) is 3. The number of nitrogen functional groups attached to an aromatic ring is 1. The summed E-state index contributed by atoms with van der Waals surface area (Å²) >= 11 is 0. The van der Waals surface area contributed by atoms with E-state index >= 15 is 0 Å². The Morgan fingerprint density at radius 2 is 2.24 bits per heavy atom. The van der Waals surface area contributed by atoms with Crippen LogP contribution in [0.5, 0.6) is 0 Å². The molecule has 0 fully saturated rings. The Morgan fingerprint density at radius 1 is 1.47 bits per heavy atom. The van der Waals surface area contributed by atoms with Crippen molar-refractivity contribution in [3.8, 4) is 5.82 Å². The number of anilines is 1. The van der Waals surface area contributed by atoms with E-state index in [9.17, 15) is 4.79 Å². The Balaban J connectivity index is 2.47. The minimum absolute atomic E-state index is 0.282. The van der Waals surface area contributed by atoms with Gasteiger partial charge in [0, 0.05) is 6.20 Å². The second kappa shape index (κ2) is 4.25. The average Bonchev–Trinajstić information content (AvgIpc) is 2.75. The largest absolute Gasteiger partial charge is 0.465 e. The molecule has 0 unspecified atom stereocenters. The zero-order chi connectivity index (χ0) is 12.4. The van der Waals surface area contributed by atoms with Gasteiger partial charge in [0.2, 0.25) is 0 Å². The summed E-state index contributed by atoms with van der Waals surface area (Å²) in [6.45, 7) is 1.92. The van der Waals surface area contributed by atoms with Crippen molar-refractivity contribution >= 4 is 11.7 Å². The van der Waals surface area contributed by atoms with Crippen LogP contribution in [0.4, 0.5) is 5.69 Å². The lowest BCUT2D eigenvalue weighted by Gasteiger charge is -2.06. The van der Waals surface area contributed by atoms with Gasteiger partial charge in [-0.25, -0.2) is 14.5 Å². The highest BCUT2D eigenvalue weighted by atomic mass is 16.5. The number of carbonyl (C=O) groups excluding carboxylic acids is 1. The SMILES string of the molecule is COC(=O)c1cc(-n2cc(C)cn2)ncc1N. The first kappa shape index (κ1) is 11.1. The molecule has 2 rings (SSSR count). The summed E-state index contributed by atoms with van der Waals surface area (Å²) in [6, 6.07) is 1.55. The zero-order valence-electron chi connectivity index (χ0n) is 9.54. The first-order valence-electron chi connectivity index (χ1n) is 4.97. The van der Waals surface area contributed by atoms with E-state index in [1.165, 1.54) is 13.3 Å².